The number of hydrogen-bond acceptors (Lipinski definition) is 3. The molecule has 1 saturated heterocycles. The standard InChI is InChI=1S/C15H22N4O2/c1-9-10(2)17-18-14(9)16-15(21)11-7-13(20)19(8-11)12-5-3-4-6-12/h11-12H,3-8H2,1-2H3,(H2,16,17,18,21). The van der Waals surface area contributed by atoms with Gasteiger partial charge in [-0.2, -0.15) is 5.10 Å². The van der Waals surface area contributed by atoms with E-state index in [1.807, 2.05) is 18.7 Å². The van der Waals surface area contributed by atoms with Crippen LogP contribution in [0, 0.1) is 19.8 Å². The zero-order valence-corrected chi connectivity index (χ0v) is 12.6. The van der Waals surface area contributed by atoms with E-state index in [1.54, 1.807) is 0 Å². The van der Waals surface area contributed by atoms with Crippen molar-refractivity contribution < 1.29 is 9.59 Å². The predicted octanol–water partition coefficient (Wildman–Crippen LogP) is 1.76. The summed E-state index contributed by atoms with van der Waals surface area (Å²) in [7, 11) is 0. The van der Waals surface area contributed by atoms with E-state index in [-0.39, 0.29) is 17.7 Å². The predicted molar refractivity (Wildman–Crippen MR) is 78.8 cm³/mol. The summed E-state index contributed by atoms with van der Waals surface area (Å²) in [6.45, 7) is 4.38. The van der Waals surface area contributed by atoms with E-state index in [1.165, 1.54) is 12.8 Å². The monoisotopic (exact) mass is 290 g/mol. The number of aryl methyl sites for hydroxylation is 1. The molecule has 2 amide bonds. The highest BCUT2D eigenvalue weighted by molar-refractivity contribution is 5.97. The molecule has 114 valence electrons. The van der Waals surface area contributed by atoms with Crippen LogP contribution in [-0.2, 0) is 9.59 Å². The first-order valence-electron chi connectivity index (χ1n) is 7.68. The Balaban J connectivity index is 1.63. The van der Waals surface area contributed by atoms with Gasteiger partial charge in [-0.15, -0.1) is 0 Å². The number of anilines is 1. The van der Waals surface area contributed by atoms with Gasteiger partial charge in [-0.1, -0.05) is 12.8 Å². The smallest absolute Gasteiger partial charge is 0.231 e. The Morgan fingerprint density at radius 1 is 1.33 bits per heavy atom. The SMILES string of the molecule is Cc1[nH]nc(NC(=O)C2CC(=O)N(C3CCCC3)C2)c1C. The number of nitrogens with one attached hydrogen (secondary N) is 2. The van der Waals surface area contributed by atoms with Crippen LogP contribution in [0.15, 0.2) is 0 Å². The number of nitrogens with zero attached hydrogens (tertiary/aromatic N) is 2. The molecule has 2 N–H and O–H groups in total. The van der Waals surface area contributed by atoms with Crippen molar-refractivity contribution in [2.75, 3.05) is 11.9 Å². The van der Waals surface area contributed by atoms with E-state index in [4.69, 9.17) is 0 Å². The largest absolute Gasteiger partial charge is 0.339 e. The van der Waals surface area contributed by atoms with Gasteiger partial charge in [0.15, 0.2) is 5.82 Å². The summed E-state index contributed by atoms with van der Waals surface area (Å²) >= 11 is 0. The molecule has 2 aliphatic rings. The lowest BCUT2D eigenvalue weighted by Gasteiger charge is -2.23. The van der Waals surface area contributed by atoms with E-state index in [0.717, 1.165) is 24.1 Å². The maximum Gasteiger partial charge on any atom is 0.231 e. The minimum absolute atomic E-state index is 0.0987. The molecule has 0 bridgehead atoms. The fraction of sp³-hybridized carbons (Fsp3) is 0.667. The second-order valence-electron chi connectivity index (χ2n) is 6.20. The van der Waals surface area contributed by atoms with Crippen LogP contribution in [0.3, 0.4) is 0 Å². The van der Waals surface area contributed by atoms with Crippen LogP contribution >= 0.6 is 0 Å². The number of aromatic nitrogens is 2. The fourth-order valence-corrected chi connectivity index (χ4v) is 3.30. The molecule has 1 atom stereocenters. The highest BCUT2D eigenvalue weighted by Gasteiger charge is 2.38. The molecular formula is C15H22N4O2. The molecule has 1 aliphatic carbocycles. The van der Waals surface area contributed by atoms with Crippen molar-refractivity contribution in [1.29, 1.82) is 0 Å². The molecule has 3 rings (SSSR count). The molecule has 2 fully saturated rings. The van der Waals surface area contributed by atoms with E-state index in [2.05, 4.69) is 15.5 Å². The van der Waals surface area contributed by atoms with Gasteiger partial charge >= 0.3 is 0 Å². The highest BCUT2D eigenvalue weighted by atomic mass is 16.2. The van der Waals surface area contributed by atoms with Crippen LogP contribution in [0.5, 0.6) is 0 Å². The molecule has 2 heterocycles. The molecule has 0 radical (unpaired) electrons. The third kappa shape index (κ3) is 2.66. The summed E-state index contributed by atoms with van der Waals surface area (Å²) in [5, 5.41) is 9.78. The Labute approximate surface area is 124 Å². The van der Waals surface area contributed by atoms with Crippen LogP contribution < -0.4 is 5.32 Å². The van der Waals surface area contributed by atoms with E-state index < -0.39 is 0 Å². The number of H-pyrrole nitrogens is 1. The average Bonchev–Trinajstić information content (AvgIpc) is 3.15. The van der Waals surface area contributed by atoms with Gasteiger partial charge in [0, 0.05) is 30.3 Å². The summed E-state index contributed by atoms with van der Waals surface area (Å²) in [4.78, 5) is 26.4. The lowest BCUT2D eigenvalue weighted by molar-refractivity contribution is -0.129. The summed E-state index contributed by atoms with van der Waals surface area (Å²) in [6, 6.07) is 0.352. The molecule has 21 heavy (non-hydrogen) atoms. The van der Waals surface area contributed by atoms with E-state index in [0.29, 0.717) is 24.8 Å². The van der Waals surface area contributed by atoms with Gasteiger partial charge < -0.3 is 10.2 Å². The molecule has 6 nitrogen and oxygen atoms in total. The third-order valence-electron chi connectivity index (χ3n) is 4.79. The molecule has 1 aromatic heterocycles. The summed E-state index contributed by atoms with van der Waals surface area (Å²) in [5.41, 5.74) is 1.89. The maximum absolute atomic E-state index is 12.3. The van der Waals surface area contributed by atoms with Crippen molar-refractivity contribution in [2.24, 2.45) is 5.92 Å². The van der Waals surface area contributed by atoms with Crippen molar-refractivity contribution >= 4 is 17.6 Å². The molecule has 6 heteroatoms. The van der Waals surface area contributed by atoms with Crippen LogP contribution in [0.2, 0.25) is 0 Å². The van der Waals surface area contributed by atoms with Gasteiger partial charge in [0.25, 0.3) is 0 Å². The Hall–Kier alpha value is -1.85. The quantitative estimate of drug-likeness (QED) is 0.890. The van der Waals surface area contributed by atoms with E-state index in [9.17, 15) is 9.59 Å². The molecule has 0 spiro atoms. The van der Waals surface area contributed by atoms with Gasteiger partial charge in [-0.05, 0) is 26.7 Å². The summed E-state index contributed by atoms with van der Waals surface area (Å²) in [6.07, 6.45) is 4.87. The summed E-state index contributed by atoms with van der Waals surface area (Å²) < 4.78 is 0. The number of rotatable bonds is 3. The average molecular weight is 290 g/mol. The highest BCUT2D eigenvalue weighted by Crippen LogP contribution is 2.30. The number of aromatic amines is 1. The topological polar surface area (TPSA) is 78.1 Å². The lowest BCUT2D eigenvalue weighted by atomic mass is 10.1. The molecule has 1 saturated carbocycles. The van der Waals surface area contributed by atoms with Crippen molar-refractivity contribution in [3.63, 3.8) is 0 Å². The first-order chi connectivity index (χ1) is 10.1. The Kier molecular flexibility index (Phi) is 3.69. The minimum Gasteiger partial charge on any atom is -0.339 e. The van der Waals surface area contributed by atoms with Crippen molar-refractivity contribution in [2.45, 2.75) is 52.0 Å². The second kappa shape index (κ2) is 5.50. The van der Waals surface area contributed by atoms with Gasteiger partial charge in [0.05, 0.1) is 5.92 Å². The Bertz CT molecular complexity index is 560. The summed E-state index contributed by atoms with van der Waals surface area (Å²) in [5.74, 6) is 0.342. The first kappa shape index (κ1) is 14.1. The van der Waals surface area contributed by atoms with Crippen LogP contribution in [0.1, 0.15) is 43.4 Å². The van der Waals surface area contributed by atoms with Gasteiger partial charge in [0.2, 0.25) is 11.8 Å². The normalized spacial score (nSPS) is 23.0. The number of amides is 2. The van der Waals surface area contributed by atoms with Crippen LogP contribution in [-0.4, -0.2) is 39.5 Å². The van der Waals surface area contributed by atoms with Gasteiger partial charge in [0.1, 0.15) is 0 Å². The number of likely N-dealkylation sites (tertiary alicyclic amines) is 1. The Morgan fingerprint density at radius 2 is 2.05 bits per heavy atom. The molecular weight excluding hydrogens is 268 g/mol. The van der Waals surface area contributed by atoms with Crippen molar-refractivity contribution in [3.05, 3.63) is 11.3 Å². The molecule has 1 aromatic rings. The number of carbonyl (C=O) groups excluding carboxylic acids is 2. The Morgan fingerprint density at radius 3 is 2.67 bits per heavy atom. The van der Waals surface area contributed by atoms with E-state index >= 15 is 0 Å². The number of carbonyl (C=O) groups is 2. The fourth-order valence-electron chi connectivity index (χ4n) is 3.30. The zero-order chi connectivity index (χ0) is 15.0. The molecule has 0 aromatic carbocycles. The van der Waals surface area contributed by atoms with Crippen molar-refractivity contribution in [1.82, 2.24) is 15.1 Å². The van der Waals surface area contributed by atoms with Crippen LogP contribution in [0.4, 0.5) is 5.82 Å². The zero-order valence-electron chi connectivity index (χ0n) is 12.6. The maximum atomic E-state index is 12.3. The molecule has 1 aliphatic heterocycles. The van der Waals surface area contributed by atoms with Crippen LogP contribution in [0.25, 0.3) is 0 Å². The minimum atomic E-state index is -0.255. The lowest BCUT2D eigenvalue weighted by Crippen LogP contribution is -2.35. The number of hydrogen-bond donors (Lipinski definition) is 2. The first-order valence-corrected chi connectivity index (χ1v) is 7.68. The van der Waals surface area contributed by atoms with Gasteiger partial charge in [-0.3, -0.25) is 14.7 Å². The van der Waals surface area contributed by atoms with Gasteiger partial charge in [-0.25, -0.2) is 0 Å². The second-order valence-corrected chi connectivity index (χ2v) is 6.20. The van der Waals surface area contributed by atoms with Crippen molar-refractivity contribution in [3.8, 4) is 0 Å². The third-order valence-corrected chi connectivity index (χ3v) is 4.79. The molecule has 1 unspecified atom stereocenters.